The third kappa shape index (κ3) is 2.39. The van der Waals surface area contributed by atoms with Gasteiger partial charge in [0.1, 0.15) is 11.6 Å². The van der Waals surface area contributed by atoms with Crippen LogP contribution in [0.25, 0.3) is 0 Å². The van der Waals surface area contributed by atoms with Crippen molar-refractivity contribution in [3.63, 3.8) is 0 Å². The van der Waals surface area contributed by atoms with Crippen LogP contribution in [0.1, 0.15) is 24.2 Å². The SMILES string of the molecule is CC(C)C(N)C(=O)c1c(F)cccc1F. The summed E-state index contributed by atoms with van der Waals surface area (Å²) in [4.78, 5) is 11.6. The molecule has 0 fully saturated rings. The number of benzene rings is 1. The van der Waals surface area contributed by atoms with E-state index in [1.54, 1.807) is 13.8 Å². The van der Waals surface area contributed by atoms with Gasteiger partial charge in [-0.05, 0) is 18.1 Å². The number of carbonyl (C=O) groups is 1. The van der Waals surface area contributed by atoms with Crippen molar-refractivity contribution < 1.29 is 13.6 Å². The lowest BCUT2D eigenvalue weighted by atomic mass is 9.95. The van der Waals surface area contributed by atoms with Crippen molar-refractivity contribution in [2.45, 2.75) is 19.9 Å². The van der Waals surface area contributed by atoms with Gasteiger partial charge >= 0.3 is 0 Å². The number of hydrogen-bond donors (Lipinski definition) is 1. The van der Waals surface area contributed by atoms with Crippen molar-refractivity contribution >= 4 is 5.78 Å². The van der Waals surface area contributed by atoms with E-state index < -0.39 is 29.0 Å². The second kappa shape index (κ2) is 4.49. The minimum Gasteiger partial charge on any atom is -0.321 e. The van der Waals surface area contributed by atoms with Gasteiger partial charge in [-0.2, -0.15) is 0 Å². The molecule has 0 saturated heterocycles. The van der Waals surface area contributed by atoms with Gasteiger partial charge in [0.2, 0.25) is 0 Å². The molecule has 0 aliphatic carbocycles. The van der Waals surface area contributed by atoms with Crippen LogP contribution in [0.2, 0.25) is 0 Å². The van der Waals surface area contributed by atoms with Crippen molar-refractivity contribution in [2.75, 3.05) is 0 Å². The molecule has 2 nitrogen and oxygen atoms in total. The van der Waals surface area contributed by atoms with Gasteiger partial charge in [-0.15, -0.1) is 0 Å². The van der Waals surface area contributed by atoms with Crippen LogP contribution in [0, 0.1) is 17.6 Å². The molecular weight excluding hydrogens is 200 g/mol. The van der Waals surface area contributed by atoms with E-state index in [-0.39, 0.29) is 5.92 Å². The minimum atomic E-state index is -0.878. The number of nitrogens with two attached hydrogens (primary N) is 1. The molecule has 0 bridgehead atoms. The first-order chi connectivity index (χ1) is 6.95. The summed E-state index contributed by atoms with van der Waals surface area (Å²) >= 11 is 0. The Bertz CT molecular complexity index is 357. The Morgan fingerprint density at radius 1 is 1.27 bits per heavy atom. The molecule has 1 rings (SSSR count). The maximum atomic E-state index is 13.2. The fourth-order valence-electron chi connectivity index (χ4n) is 1.20. The van der Waals surface area contributed by atoms with Crippen molar-refractivity contribution in [3.8, 4) is 0 Å². The van der Waals surface area contributed by atoms with E-state index in [2.05, 4.69) is 0 Å². The molecule has 1 aromatic rings. The van der Waals surface area contributed by atoms with Gasteiger partial charge in [-0.1, -0.05) is 19.9 Å². The molecule has 0 spiro atoms. The monoisotopic (exact) mass is 213 g/mol. The molecule has 0 radical (unpaired) electrons. The van der Waals surface area contributed by atoms with Crippen LogP contribution < -0.4 is 5.73 Å². The van der Waals surface area contributed by atoms with Crippen molar-refractivity contribution in [3.05, 3.63) is 35.4 Å². The molecule has 0 saturated carbocycles. The molecule has 0 aromatic heterocycles. The van der Waals surface area contributed by atoms with Crippen LogP contribution >= 0.6 is 0 Å². The highest BCUT2D eigenvalue weighted by atomic mass is 19.1. The van der Waals surface area contributed by atoms with Crippen LogP contribution in [0.4, 0.5) is 8.78 Å². The zero-order chi connectivity index (χ0) is 11.6. The molecule has 0 aliphatic heterocycles. The first-order valence-corrected chi connectivity index (χ1v) is 4.69. The summed E-state index contributed by atoms with van der Waals surface area (Å²) in [5.41, 5.74) is 5.00. The number of carbonyl (C=O) groups excluding carboxylic acids is 1. The van der Waals surface area contributed by atoms with Crippen LogP contribution in [0.15, 0.2) is 18.2 Å². The van der Waals surface area contributed by atoms with Crippen molar-refractivity contribution in [2.24, 2.45) is 11.7 Å². The predicted octanol–water partition coefficient (Wildman–Crippen LogP) is 2.13. The quantitative estimate of drug-likeness (QED) is 0.781. The van der Waals surface area contributed by atoms with Crippen LogP contribution in [0.3, 0.4) is 0 Å². The fourth-order valence-corrected chi connectivity index (χ4v) is 1.20. The molecule has 82 valence electrons. The summed E-state index contributed by atoms with van der Waals surface area (Å²) in [6.07, 6.45) is 0. The summed E-state index contributed by atoms with van der Waals surface area (Å²) in [6.45, 7) is 3.45. The maximum absolute atomic E-state index is 13.2. The van der Waals surface area contributed by atoms with Gasteiger partial charge in [0.25, 0.3) is 0 Å². The van der Waals surface area contributed by atoms with E-state index in [0.717, 1.165) is 12.1 Å². The van der Waals surface area contributed by atoms with Crippen LogP contribution in [-0.4, -0.2) is 11.8 Å². The molecule has 1 aromatic carbocycles. The largest absolute Gasteiger partial charge is 0.321 e. The third-order valence-corrected chi connectivity index (χ3v) is 2.23. The Morgan fingerprint density at radius 3 is 2.13 bits per heavy atom. The molecule has 0 aliphatic rings. The molecule has 1 atom stereocenters. The lowest BCUT2D eigenvalue weighted by molar-refractivity contribution is 0.0932. The summed E-state index contributed by atoms with van der Waals surface area (Å²) in [6, 6.07) is 2.42. The Hall–Kier alpha value is -1.29. The van der Waals surface area contributed by atoms with E-state index in [0.29, 0.717) is 0 Å². The zero-order valence-corrected chi connectivity index (χ0v) is 8.63. The molecular formula is C11H13F2NO. The molecule has 4 heteroatoms. The lowest BCUT2D eigenvalue weighted by Crippen LogP contribution is -2.36. The van der Waals surface area contributed by atoms with Gasteiger partial charge < -0.3 is 5.73 Å². The normalized spacial score (nSPS) is 12.9. The third-order valence-electron chi connectivity index (χ3n) is 2.23. The molecule has 15 heavy (non-hydrogen) atoms. The smallest absolute Gasteiger partial charge is 0.185 e. The van der Waals surface area contributed by atoms with Gasteiger partial charge in [-0.3, -0.25) is 4.79 Å². The lowest BCUT2D eigenvalue weighted by Gasteiger charge is -2.14. The van der Waals surface area contributed by atoms with Gasteiger partial charge in [-0.25, -0.2) is 8.78 Å². The Kier molecular flexibility index (Phi) is 3.52. The van der Waals surface area contributed by atoms with E-state index in [1.807, 2.05) is 0 Å². The Balaban J connectivity index is 3.11. The van der Waals surface area contributed by atoms with Gasteiger partial charge in [0, 0.05) is 0 Å². The average molecular weight is 213 g/mol. The summed E-state index contributed by atoms with van der Waals surface area (Å²) < 4.78 is 26.4. The zero-order valence-electron chi connectivity index (χ0n) is 8.63. The predicted molar refractivity (Wildman–Crippen MR) is 53.5 cm³/mol. The van der Waals surface area contributed by atoms with Gasteiger partial charge in [0.15, 0.2) is 5.78 Å². The highest BCUT2D eigenvalue weighted by Crippen LogP contribution is 2.16. The Morgan fingerprint density at radius 2 is 1.73 bits per heavy atom. The van der Waals surface area contributed by atoms with Crippen LogP contribution in [0.5, 0.6) is 0 Å². The Labute approximate surface area is 87.1 Å². The number of halogens is 2. The first kappa shape index (κ1) is 11.8. The number of hydrogen-bond acceptors (Lipinski definition) is 2. The molecule has 2 N–H and O–H groups in total. The molecule has 0 amide bonds. The van der Waals surface area contributed by atoms with E-state index in [9.17, 15) is 13.6 Å². The first-order valence-electron chi connectivity index (χ1n) is 4.69. The summed E-state index contributed by atoms with van der Waals surface area (Å²) in [5.74, 6) is -2.58. The number of rotatable bonds is 3. The number of Topliss-reactive ketones (excluding diaryl/α,β-unsaturated/α-hetero) is 1. The number of ketones is 1. The van der Waals surface area contributed by atoms with Gasteiger partial charge in [0.05, 0.1) is 11.6 Å². The summed E-state index contributed by atoms with van der Waals surface area (Å²) in [7, 11) is 0. The molecule has 1 unspecified atom stereocenters. The highest BCUT2D eigenvalue weighted by molar-refractivity contribution is 6.00. The van der Waals surface area contributed by atoms with Crippen molar-refractivity contribution in [1.82, 2.24) is 0 Å². The van der Waals surface area contributed by atoms with E-state index in [1.165, 1.54) is 6.07 Å². The highest BCUT2D eigenvalue weighted by Gasteiger charge is 2.24. The second-order valence-electron chi connectivity index (χ2n) is 3.73. The fraction of sp³-hybridized carbons (Fsp3) is 0.364. The standard InChI is InChI=1S/C11H13F2NO/c1-6(2)10(14)11(15)9-7(12)4-3-5-8(9)13/h3-6,10H,14H2,1-2H3. The minimum absolute atomic E-state index is 0.156. The van der Waals surface area contributed by atoms with Crippen LogP contribution in [-0.2, 0) is 0 Å². The maximum Gasteiger partial charge on any atom is 0.185 e. The second-order valence-corrected chi connectivity index (χ2v) is 3.73. The van der Waals surface area contributed by atoms with Crippen molar-refractivity contribution in [1.29, 1.82) is 0 Å². The molecule has 0 heterocycles. The topological polar surface area (TPSA) is 43.1 Å². The van der Waals surface area contributed by atoms with E-state index >= 15 is 0 Å². The van der Waals surface area contributed by atoms with E-state index in [4.69, 9.17) is 5.73 Å². The summed E-state index contributed by atoms with van der Waals surface area (Å²) in [5, 5.41) is 0. The average Bonchev–Trinajstić information content (AvgIpc) is 2.15.